The highest BCUT2D eigenvalue weighted by Crippen LogP contribution is 2.61. The van der Waals surface area contributed by atoms with Gasteiger partial charge in [-0.15, -0.1) is 11.8 Å². The highest BCUT2D eigenvalue weighted by Gasteiger charge is 2.69. The summed E-state index contributed by atoms with van der Waals surface area (Å²) in [6.07, 6.45) is 0. The molecule has 0 aliphatic carbocycles. The Morgan fingerprint density at radius 2 is 1.91 bits per heavy atom. The predicted molar refractivity (Wildman–Crippen MR) is 135 cm³/mol. The molecule has 0 radical (unpaired) electrons. The maximum Gasteiger partial charge on any atom is 0.269 e. The number of aryl methyl sites for hydroxylation is 1. The third-order valence-electron chi connectivity index (χ3n) is 7.58. The first-order chi connectivity index (χ1) is 16.9. The molecule has 3 aliphatic rings. The number of Topliss-reactive ketones (excluding diaryl/α,β-unsaturated/α-hetero) is 1. The third-order valence-corrected chi connectivity index (χ3v) is 8.62. The van der Waals surface area contributed by atoms with Gasteiger partial charge in [-0.05, 0) is 18.6 Å². The fourth-order valence-electron chi connectivity index (χ4n) is 6.19. The number of ketones is 1. The second kappa shape index (κ2) is 8.03. The molecule has 1 amide bonds. The molecule has 3 aromatic carbocycles. The molecule has 0 saturated carbocycles. The molecule has 35 heavy (non-hydrogen) atoms. The van der Waals surface area contributed by atoms with Crippen LogP contribution in [-0.4, -0.2) is 39.2 Å². The first kappa shape index (κ1) is 22.0. The number of nitro groups is 1. The van der Waals surface area contributed by atoms with Crippen LogP contribution in [0.2, 0.25) is 0 Å². The molecule has 8 heteroatoms. The number of carbonyl (C=O) groups excluding carboxylic acids is 2. The van der Waals surface area contributed by atoms with Crippen molar-refractivity contribution < 1.29 is 14.5 Å². The Kier molecular flexibility index (Phi) is 5.05. The largest absolute Gasteiger partial charge is 0.324 e. The fraction of sp³-hybridized carbons (Fsp3) is 0.259. The van der Waals surface area contributed by atoms with Crippen molar-refractivity contribution >= 4 is 34.8 Å². The molecule has 2 saturated heterocycles. The second-order valence-corrected chi connectivity index (χ2v) is 10.4. The highest BCUT2D eigenvalue weighted by atomic mass is 32.2. The average molecular weight is 486 g/mol. The van der Waals surface area contributed by atoms with E-state index in [2.05, 4.69) is 10.2 Å². The normalized spacial score (nSPS) is 27.0. The Hall–Kier alpha value is -3.49. The van der Waals surface area contributed by atoms with Gasteiger partial charge in [0.2, 0.25) is 5.91 Å². The Morgan fingerprint density at radius 1 is 1.11 bits per heavy atom. The minimum Gasteiger partial charge on any atom is -0.324 e. The van der Waals surface area contributed by atoms with Gasteiger partial charge >= 0.3 is 0 Å². The summed E-state index contributed by atoms with van der Waals surface area (Å²) in [5.74, 6) is -0.0908. The van der Waals surface area contributed by atoms with E-state index in [1.807, 2.05) is 49.4 Å². The van der Waals surface area contributed by atoms with Crippen LogP contribution in [0.3, 0.4) is 0 Å². The van der Waals surface area contributed by atoms with E-state index >= 15 is 0 Å². The number of anilines is 1. The Bertz CT molecular complexity index is 1380. The molecule has 0 aromatic heterocycles. The van der Waals surface area contributed by atoms with E-state index in [-0.39, 0.29) is 29.3 Å². The van der Waals surface area contributed by atoms with Gasteiger partial charge in [0, 0.05) is 52.5 Å². The lowest BCUT2D eigenvalue weighted by molar-refractivity contribution is -0.384. The zero-order valence-corrected chi connectivity index (χ0v) is 19.8. The van der Waals surface area contributed by atoms with Crippen molar-refractivity contribution in [3.8, 4) is 0 Å². The monoisotopic (exact) mass is 485 g/mol. The highest BCUT2D eigenvalue weighted by molar-refractivity contribution is 7.99. The first-order valence-corrected chi connectivity index (χ1v) is 12.7. The number of amides is 1. The zero-order valence-electron chi connectivity index (χ0n) is 19.0. The quantitative estimate of drug-likeness (QED) is 0.327. The van der Waals surface area contributed by atoms with E-state index in [0.29, 0.717) is 11.4 Å². The van der Waals surface area contributed by atoms with E-state index in [1.54, 1.807) is 36.0 Å². The number of hydrogen-bond donors (Lipinski definition) is 1. The molecule has 0 bridgehead atoms. The molecule has 176 valence electrons. The lowest BCUT2D eigenvalue weighted by atomic mass is 9.69. The van der Waals surface area contributed by atoms with Gasteiger partial charge in [0.15, 0.2) is 5.78 Å². The maximum absolute atomic E-state index is 14.3. The topological polar surface area (TPSA) is 92.5 Å². The van der Waals surface area contributed by atoms with Crippen molar-refractivity contribution in [2.24, 2.45) is 5.92 Å². The van der Waals surface area contributed by atoms with Crippen molar-refractivity contribution in [3.63, 3.8) is 0 Å². The van der Waals surface area contributed by atoms with Crippen molar-refractivity contribution in [1.29, 1.82) is 0 Å². The van der Waals surface area contributed by atoms with Gasteiger partial charge in [-0.2, -0.15) is 0 Å². The standard InChI is InChI=1S/C27H23N3O4S/c1-16-10-11-21-20(12-16)27(26(32)28-21)24(25(31)17-6-3-2-4-7-17)23(22-14-35-15-29(22)27)18-8-5-9-19(13-18)30(33)34/h2-13,22-24H,14-15H2,1H3,(H,28,32)/t22-,23-,24-,27-/m1/s1. The van der Waals surface area contributed by atoms with E-state index in [9.17, 15) is 19.7 Å². The van der Waals surface area contributed by atoms with Crippen LogP contribution in [0.25, 0.3) is 0 Å². The summed E-state index contributed by atoms with van der Waals surface area (Å²) in [7, 11) is 0. The van der Waals surface area contributed by atoms with Crippen LogP contribution in [0.1, 0.15) is 33.0 Å². The summed E-state index contributed by atoms with van der Waals surface area (Å²) in [6, 6.07) is 21.4. The summed E-state index contributed by atoms with van der Waals surface area (Å²) < 4.78 is 0. The number of benzene rings is 3. The molecule has 0 unspecified atom stereocenters. The van der Waals surface area contributed by atoms with Crippen molar-refractivity contribution in [2.75, 3.05) is 16.9 Å². The van der Waals surface area contributed by atoms with Gasteiger partial charge in [0.25, 0.3) is 5.69 Å². The van der Waals surface area contributed by atoms with E-state index < -0.39 is 16.4 Å². The number of nitrogens with zero attached hydrogens (tertiary/aromatic N) is 2. The molecule has 2 fully saturated rings. The van der Waals surface area contributed by atoms with Crippen LogP contribution in [0.4, 0.5) is 11.4 Å². The summed E-state index contributed by atoms with van der Waals surface area (Å²) >= 11 is 1.73. The van der Waals surface area contributed by atoms with Gasteiger partial charge in [-0.1, -0.05) is 60.2 Å². The molecule has 7 nitrogen and oxygen atoms in total. The number of hydrogen-bond acceptors (Lipinski definition) is 6. The van der Waals surface area contributed by atoms with E-state index in [1.165, 1.54) is 6.07 Å². The van der Waals surface area contributed by atoms with Gasteiger partial charge in [0.1, 0.15) is 5.54 Å². The van der Waals surface area contributed by atoms with Crippen molar-refractivity contribution in [3.05, 3.63) is 105 Å². The lowest BCUT2D eigenvalue weighted by Gasteiger charge is -2.36. The van der Waals surface area contributed by atoms with Gasteiger partial charge < -0.3 is 5.32 Å². The van der Waals surface area contributed by atoms with Crippen LogP contribution in [-0.2, 0) is 10.3 Å². The van der Waals surface area contributed by atoms with Crippen LogP contribution < -0.4 is 5.32 Å². The number of fused-ring (bicyclic) bond motifs is 4. The molecule has 3 aromatic rings. The first-order valence-electron chi connectivity index (χ1n) is 11.5. The summed E-state index contributed by atoms with van der Waals surface area (Å²) in [5.41, 5.74) is 2.61. The zero-order chi connectivity index (χ0) is 24.3. The van der Waals surface area contributed by atoms with Crippen molar-refractivity contribution in [2.45, 2.75) is 24.4 Å². The Balaban J connectivity index is 1.63. The average Bonchev–Trinajstić information content (AvgIpc) is 3.52. The SMILES string of the molecule is Cc1ccc2c(c1)[C@]1(C(=O)N2)[C@@H](C(=O)c2ccccc2)[C@H](c2cccc([N+](=O)[O-])c2)[C@H]2CSCN21. The number of thioether (sulfide) groups is 1. The number of nitro benzene ring substituents is 1. The van der Waals surface area contributed by atoms with Gasteiger partial charge in [0.05, 0.1) is 10.8 Å². The molecular formula is C27H23N3O4S. The molecule has 1 spiro atoms. The fourth-order valence-corrected chi connectivity index (χ4v) is 7.52. The van der Waals surface area contributed by atoms with Gasteiger partial charge in [-0.25, -0.2) is 0 Å². The summed E-state index contributed by atoms with van der Waals surface area (Å²) in [5, 5.41) is 14.7. The Labute approximate surface area is 206 Å². The van der Waals surface area contributed by atoms with Gasteiger partial charge in [-0.3, -0.25) is 24.6 Å². The van der Waals surface area contributed by atoms with Crippen LogP contribution in [0, 0.1) is 23.0 Å². The summed E-state index contributed by atoms with van der Waals surface area (Å²) in [4.78, 5) is 41.7. The maximum atomic E-state index is 14.3. The molecule has 1 N–H and O–H groups in total. The molecule has 4 atom stereocenters. The second-order valence-electron chi connectivity index (χ2n) is 9.39. The smallest absolute Gasteiger partial charge is 0.269 e. The molecule has 3 aliphatic heterocycles. The van der Waals surface area contributed by atoms with E-state index in [0.717, 1.165) is 28.1 Å². The minimum atomic E-state index is -1.18. The number of carbonyl (C=O) groups is 2. The number of rotatable bonds is 4. The van der Waals surface area contributed by atoms with Crippen LogP contribution >= 0.6 is 11.8 Å². The minimum absolute atomic E-state index is 0.0151. The predicted octanol–water partition coefficient (Wildman–Crippen LogP) is 4.72. The summed E-state index contributed by atoms with van der Waals surface area (Å²) in [6.45, 7) is 1.98. The third kappa shape index (κ3) is 3.10. The molecule has 6 rings (SSSR count). The number of non-ortho nitro benzene ring substituents is 1. The number of nitrogens with one attached hydrogen (secondary N) is 1. The van der Waals surface area contributed by atoms with Crippen LogP contribution in [0.15, 0.2) is 72.8 Å². The lowest BCUT2D eigenvalue weighted by Crippen LogP contribution is -2.52. The van der Waals surface area contributed by atoms with Crippen LogP contribution in [0.5, 0.6) is 0 Å². The molecule has 3 heterocycles. The molecular weight excluding hydrogens is 462 g/mol. The van der Waals surface area contributed by atoms with E-state index in [4.69, 9.17) is 0 Å². The Morgan fingerprint density at radius 3 is 2.69 bits per heavy atom. The van der Waals surface area contributed by atoms with Crippen molar-refractivity contribution in [1.82, 2.24) is 4.90 Å².